The lowest BCUT2D eigenvalue weighted by molar-refractivity contribution is 0.220. The largest absolute Gasteiger partial charge is 0.359 e. The molecule has 4 heterocycles. The smallest absolute Gasteiger partial charge is 0.186 e. The van der Waals surface area contributed by atoms with Crippen LogP contribution in [-0.4, -0.2) is 46.2 Å². The number of para-hydroxylation sites is 1. The number of aromatic nitrogens is 3. The third-order valence-corrected chi connectivity index (χ3v) is 5.94. The Kier molecular flexibility index (Phi) is 4.31. The molecule has 0 amide bonds. The number of thiazole rings is 1. The minimum Gasteiger partial charge on any atom is -0.359 e. The van der Waals surface area contributed by atoms with Gasteiger partial charge in [-0.15, -0.1) is 0 Å². The van der Waals surface area contributed by atoms with Gasteiger partial charge in [0.05, 0.1) is 16.8 Å². The van der Waals surface area contributed by atoms with Crippen molar-refractivity contribution in [2.45, 2.75) is 6.54 Å². The van der Waals surface area contributed by atoms with Crippen LogP contribution in [0, 0.1) is 0 Å². The number of benzene rings is 1. The summed E-state index contributed by atoms with van der Waals surface area (Å²) in [4.78, 5) is 13.6. The number of pyridine rings is 1. The Bertz CT molecular complexity index is 1000. The molecule has 4 aromatic rings. The van der Waals surface area contributed by atoms with Crippen LogP contribution >= 0.6 is 11.3 Å². The van der Waals surface area contributed by atoms with E-state index in [0.29, 0.717) is 0 Å². The number of fused-ring (bicyclic) bond motifs is 1. The lowest BCUT2D eigenvalue weighted by Crippen LogP contribution is -2.45. The third kappa shape index (κ3) is 3.43. The number of hydrogen-bond acceptors (Lipinski definition) is 7. The molecular weight excluding hydrogens is 358 g/mol. The van der Waals surface area contributed by atoms with E-state index in [9.17, 15) is 0 Å². The van der Waals surface area contributed by atoms with Crippen molar-refractivity contribution in [3.05, 3.63) is 60.6 Å². The SMILES string of the molecule is c1ccc2sc(N3CCN(Cc4cc(-c5ccncc5)no4)CC3)nc2c1. The molecular formula is C20H19N5OS. The molecule has 1 aromatic carbocycles. The average Bonchev–Trinajstić information content (AvgIpc) is 3.36. The van der Waals surface area contributed by atoms with Crippen LogP contribution in [0.5, 0.6) is 0 Å². The Balaban J connectivity index is 1.21. The maximum absolute atomic E-state index is 5.54. The van der Waals surface area contributed by atoms with Crippen LogP contribution in [0.15, 0.2) is 59.4 Å². The molecule has 3 aromatic heterocycles. The normalized spacial score (nSPS) is 15.5. The van der Waals surface area contributed by atoms with Crippen LogP contribution in [0.4, 0.5) is 5.13 Å². The highest BCUT2D eigenvalue weighted by Gasteiger charge is 2.21. The topological polar surface area (TPSA) is 58.3 Å². The predicted molar refractivity (Wildman–Crippen MR) is 107 cm³/mol. The van der Waals surface area contributed by atoms with Crippen LogP contribution in [-0.2, 0) is 6.54 Å². The van der Waals surface area contributed by atoms with Gasteiger partial charge in [-0.2, -0.15) is 0 Å². The van der Waals surface area contributed by atoms with Crippen molar-refractivity contribution in [2.75, 3.05) is 31.1 Å². The molecule has 5 rings (SSSR count). The van der Waals surface area contributed by atoms with E-state index in [1.54, 1.807) is 23.7 Å². The molecule has 27 heavy (non-hydrogen) atoms. The lowest BCUT2D eigenvalue weighted by Gasteiger charge is -2.33. The molecule has 0 aliphatic carbocycles. The fourth-order valence-electron chi connectivity index (χ4n) is 3.36. The first-order chi connectivity index (χ1) is 13.3. The Morgan fingerprint density at radius 3 is 2.63 bits per heavy atom. The van der Waals surface area contributed by atoms with E-state index in [-0.39, 0.29) is 0 Å². The number of rotatable bonds is 4. The second-order valence-electron chi connectivity index (χ2n) is 6.64. The van der Waals surface area contributed by atoms with Crippen LogP contribution in [0.3, 0.4) is 0 Å². The summed E-state index contributed by atoms with van der Waals surface area (Å²) >= 11 is 1.77. The van der Waals surface area contributed by atoms with Crippen LogP contribution in [0.1, 0.15) is 5.76 Å². The molecule has 0 spiro atoms. The molecule has 1 aliphatic rings. The van der Waals surface area contributed by atoms with E-state index in [1.807, 2.05) is 24.3 Å². The van der Waals surface area contributed by atoms with Gasteiger partial charge < -0.3 is 9.42 Å². The molecule has 1 aliphatic heterocycles. The van der Waals surface area contributed by atoms with Gasteiger partial charge in [-0.3, -0.25) is 9.88 Å². The van der Waals surface area contributed by atoms with Crippen molar-refractivity contribution in [3.63, 3.8) is 0 Å². The highest BCUT2D eigenvalue weighted by Crippen LogP contribution is 2.29. The first-order valence-corrected chi connectivity index (χ1v) is 9.86. The van der Waals surface area contributed by atoms with Crippen LogP contribution in [0.2, 0.25) is 0 Å². The summed E-state index contributed by atoms with van der Waals surface area (Å²) in [5.74, 6) is 0.898. The molecule has 0 bridgehead atoms. The van der Waals surface area contributed by atoms with E-state index in [1.165, 1.54) is 4.70 Å². The molecule has 0 atom stereocenters. The molecule has 0 unspecified atom stereocenters. The van der Waals surface area contributed by atoms with Gasteiger partial charge in [0.25, 0.3) is 0 Å². The van der Waals surface area contributed by atoms with Crippen LogP contribution in [0.25, 0.3) is 21.5 Å². The number of anilines is 1. The van der Waals surface area contributed by atoms with E-state index in [2.05, 4.69) is 38.1 Å². The number of nitrogens with zero attached hydrogens (tertiary/aromatic N) is 5. The van der Waals surface area contributed by atoms with Gasteiger partial charge in [0.15, 0.2) is 10.9 Å². The summed E-state index contributed by atoms with van der Waals surface area (Å²) in [6.07, 6.45) is 3.54. The molecule has 136 valence electrons. The summed E-state index contributed by atoms with van der Waals surface area (Å²) in [6.45, 7) is 4.71. The molecule has 7 heteroatoms. The van der Waals surface area contributed by atoms with Gasteiger partial charge in [0.2, 0.25) is 0 Å². The van der Waals surface area contributed by atoms with Crippen molar-refractivity contribution in [1.82, 2.24) is 20.0 Å². The van der Waals surface area contributed by atoms with Gasteiger partial charge in [-0.25, -0.2) is 4.98 Å². The van der Waals surface area contributed by atoms with Crippen molar-refractivity contribution >= 4 is 26.7 Å². The quantitative estimate of drug-likeness (QED) is 0.541. The molecule has 0 N–H and O–H groups in total. The zero-order chi connectivity index (χ0) is 18.1. The molecule has 6 nitrogen and oxygen atoms in total. The van der Waals surface area contributed by atoms with Crippen molar-refractivity contribution < 1.29 is 4.52 Å². The van der Waals surface area contributed by atoms with Gasteiger partial charge >= 0.3 is 0 Å². The second-order valence-corrected chi connectivity index (χ2v) is 7.65. The van der Waals surface area contributed by atoms with Gasteiger partial charge in [-0.1, -0.05) is 28.6 Å². The van der Waals surface area contributed by atoms with E-state index >= 15 is 0 Å². The molecule has 1 saturated heterocycles. The fraction of sp³-hybridized carbons (Fsp3) is 0.250. The number of hydrogen-bond donors (Lipinski definition) is 0. The predicted octanol–water partition coefficient (Wildman–Crippen LogP) is 3.67. The number of piperazine rings is 1. The van der Waals surface area contributed by atoms with Crippen LogP contribution < -0.4 is 4.90 Å². The van der Waals surface area contributed by atoms with Crippen molar-refractivity contribution in [3.8, 4) is 11.3 Å². The molecule has 0 saturated carbocycles. The Morgan fingerprint density at radius 1 is 1.00 bits per heavy atom. The molecule has 1 fully saturated rings. The minimum atomic E-state index is 0.784. The summed E-state index contributed by atoms with van der Waals surface area (Å²) in [7, 11) is 0. The van der Waals surface area contributed by atoms with E-state index in [4.69, 9.17) is 9.51 Å². The Labute approximate surface area is 161 Å². The summed E-state index contributed by atoms with van der Waals surface area (Å²) in [5, 5.41) is 5.31. The lowest BCUT2D eigenvalue weighted by atomic mass is 10.2. The standard InChI is InChI=1S/C20H19N5OS/c1-2-4-19-17(3-1)22-20(27-19)25-11-9-24(10-12-25)14-16-13-18(23-26-16)15-5-7-21-8-6-15/h1-8,13H,9-12,14H2. The Morgan fingerprint density at radius 2 is 1.81 bits per heavy atom. The maximum Gasteiger partial charge on any atom is 0.186 e. The Hall–Kier alpha value is -2.77. The zero-order valence-electron chi connectivity index (χ0n) is 14.8. The minimum absolute atomic E-state index is 0.784. The zero-order valence-corrected chi connectivity index (χ0v) is 15.6. The van der Waals surface area contributed by atoms with Gasteiger partial charge in [0, 0.05) is 50.2 Å². The van der Waals surface area contributed by atoms with Gasteiger partial charge in [0.1, 0.15) is 5.69 Å². The van der Waals surface area contributed by atoms with Crippen molar-refractivity contribution in [2.24, 2.45) is 0 Å². The highest BCUT2D eigenvalue weighted by atomic mass is 32.1. The second kappa shape index (κ2) is 7.09. The third-order valence-electron chi connectivity index (χ3n) is 4.84. The van der Waals surface area contributed by atoms with Crippen molar-refractivity contribution in [1.29, 1.82) is 0 Å². The van der Waals surface area contributed by atoms with Gasteiger partial charge in [-0.05, 0) is 24.3 Å². The monoisotopic (exact) mass is 377 g/mol. The first kappa shape index (κ1) is 16.4. The van der Waals surface area contributed by atoms with E-state index in [0.717, 1.165) is 60.4 Å². The summed E-state index contributed by atoms with van der Waals surface area (Å²) in [6, 6.07) is 14.2. The summed E-state index contributed by atoms with van der Waals surface area (Å²) in [5.41, 5.74) is 2.98. The van der Waals surface area contributed by atoms with E-state index < -0.39 is 0 Å². The maximum atomic E-state index is 5.54. The highest BCUT2D eigenvalue weighted by molar-refractivity contribution is 7.22. The summed E-state index contributed by atoms with van der Waals surface area (Å²) < 4.78 is 6.79. The average molecular weight is 377 g/mol. The molecule has 0 radical (unpaired) electrons. The fourth-order valence-corrected chi connectivity index (χ4v) is 4.38. The first-order valence-electron chi connectivity index (χ1n) is 9.04.